The molecule has 1 aliphatic rings. The van der Waals surface area contributed by atoms with Crippen LogP contribution in [-0.2, 0) is 9.53 Å². The number of para-hydroxylation sites is 1. The Kier molecular flexibility index (Phi) is 11.0. The maximum atomic E-state index is 11.1. The SMILES string of the molecule is COC(=O)CCCCCC[C@H]1CCC(NO)C1CCCCNc1ccccc1. The lowest BCUT2D eigenvalue weighted by Gasteiger charge is -2.24. The summed E-state index contributed by atoms with van der Waals surface area (Å²) in [6.07, 6.45) is 12.0. The molecule has 0 saturated heterocycles. The molecule has 0 amide bonds. The van der Waals surface area contributed by atoms with E-state index in [4.69, 9.17) is 0 Å². The number of benzene rings is 1. The van der Waals surface area contributed by atoms with E-state index in [1.54, 1.807) is 0 Å². The van der Waals surface area contributed by atoms with E-state index in [1.165, 1.54) is 51.3 Å². The maximum Gasteiger partial charge on any atom is 0.305 e. The molecule has 5 nitrogen and oxygen atoms in total. The van der Waals surface area contributed by atoms with Gasteiger partial charge in [-0.2, -0.15) is 0 Å². The lowest BCUT2D eigenvalue weighted by atomic mass is 9.85. The van der Waals surface area contributed by atoms with Crippen LogP contribution in [0.4, 0.5) is 5.69 Å². The number of unbranched alkanes of at least 4 members (excludes halogenated alkanes) is 4. The van der Waals surface area contributed by atoms with Crippen LogP contribution in [0.2, 0.25) is 0 Å². The average molecular weight is 391 g/mol. The van der Waals surface area contributed by atoms with Crippen molar-refractivity contribution in [2.75, 3.05) is 19.0 Å². The minimum absolute atomic E-state index is 0.102. The number of hydrogen-bond donors (Lipinski definition) is 3. The molecule has 0 spiro atoms. The van der Waals surface area contributed by atoms with Crippen LogP contribution in [0.1, 0.15) is 70.6 Å². The summed E-state index contributed by atoms with van der Waals surface area (Å²) >= 11 is 0. The van der Waals surface area contributed by atoms with Crippen LogP contribution in [0.5, 0.6) is 0 Å². The van der Waals surface area contributed by atoms with E-state index in [2.05, 4.69) is 39.8 Å². The van der Waals surface area contributed by atoms with Crippen LogP contribution < -0.4 is 10.8 Å². The van der Waals surface area contributed by atoms with Gasteiger partial charge in [-0.15, -0.1) is 0 Å². The summed E-state index contributed by atoms with van der Waals surface area (Å²) in [5, 5.41) is 13.0. The third kappa shape index (κ3) is 8.19. The summed E-state index contributed by atoms with van der Waals surface area (Å²) in [5.41, 5.74) is 3.76. The molecular weight excluding hydrogens is 352 g/mol. The summed E-state index contributed by atoms with van der Waals surface area (Å²) in [5.74, 6) is 1.19. The molecule has 0 aliphatic heterocycles. The predicted molar refractivity (Wildman–Crippen MR) is 113 cm³/mol. The average Bonchev–Trinajstić information content (AvgIpc) is 3.12. The van der Waals surface area contributed by atoms with Crippen LogP contribution in [0.15, 0.2) is 30.3 Å². The topological polar surface area (TPSA) is 70.6 Å². The quantitative estimate of drug-likeness (QED) is 0.233. The van der Waals surface area contributed by atoms with Crippen molar-refractivity contribution in [2.45, 2.75) is 76.7 Å². The Morgan fingerprint density at radius 3 is 2.54 bits per heavy atom. The molecule has 2 rings (SSSR count). The van der Waals surface area contributed by atoms with Gasteiger partial charge < -0.3 is 15.3 Å². The maximum absolute atomic E-state index is 11.1. The lowest BCUT2D eigenvalue weighted by Crippen LogP contribution is -2.31. The second-order valence-electron chi connectivity index (χ2n) is 8.05. The fourth-order valence-electron chi connectivity index (χ4n) is 4.53. The van der Waals surface area contributed by atoms with Crippen molar-refractivity contribution in [3.63, 3.8) is 0 Å². The Labute approximate surface area is 170 Å². The third-order valence-corrected chi connectivity index (χ3v) is 6.14. The standard InChI is InChI=1S/C23H38N2O3/c1-28-23(26)15-8-3-2-5-11-19-16-17-22(25-27)21(19)14-9-10-18-24-20-12-6-4-7-13-20/h4,6-7,12-13,19,21-22,24-25,27H,2-3,5,8-11,14-18H2,1H3/t19-,21?,22?/m0/s1. The molecule has 0 aromatic heterocycles. The third-order valence-electron chi connectivity index (χ3n) is 6.14. The molecule has 28 heavy (non-hydrogen) atoms. The van der Waals surface area contributed by atoms with Gasteiger partial charge in [0.2, 0.25) is 0 Å². The van der Waals surface area contributed by atoms with E-state index in [9.17, 15) is 10.0 Å². The highest BCUT2D eigenvalue weighted by Crippen LogP contribution is 2.38. The van der Waals surface area contributed by atoms with Crippen molar-refractivity contribution in [2.24, 2.45) is 11.8 Å². The first-order valence-corrected chi connectivity index (χ1v) is 11.0. The number of carbonyl (C=O) groups excluding carboxylic acids is 1. The van der Waals surface area contributed by atoms with Gasteiger partial charge in [0.25, 0.3) is 0 Å². The van der Waals surface area contributed by atoms with Crippen LogP contribution in [0.3, 0.4) is 0 Å². The second kappa shape index (κ2) is 13.6. The van der Waals surface area contributed by atoms with Gasteiger partial charge >= 0.3 is 5.97 Å². The van der Waals surface area contributed by atoms with Crippen LogP contribution in [-0.4, -0.2) is 30.9 Å². The van der Waals surface area contributed by atoms with Gasteiger partial charge in [-0.3, -0.25) is 4.79 Å². The highest BCUT2D eigenvalue weighted by molar-refractivity contribution is 5.68. The molecule has 5 heteroatoms. The number of hydrogen-bond acceptors (Lipinski definition) is 5. The van der Waals surface area contributed by atoms with Crippen molar-refractivity contribution >= 4 is 11.7 Å². The predicted octanol–water partition coefficient (Wildman–Crippen LogP) is 5.16. The Morgan fingerprint density at radius 1 is 1.04 bits per heavy atom. The fraction of sp³-hybridized carbons (Fsp3) is 0.696. The molecule has 1 saturated carbocycles. The summed E-state index contributed by atoms with van der Waals surface area (Å²) in [6.45, 7) is 0.999. The Balaban J connectivity index is 1.60. The number of nitrogens with one attached hydrogen (secondary N) is 2. The number of methoxy groups -OCH3 is 1. The minimum Gasteiger partial charge on any atom is -0.469 e. The van der Waals surface area contributed by atoms with Gasteiger partial charge in [-0.25, -0.2) is 5.48 Å². The summed E-state index contributed by atoms with van der Waals surface area (Å²) in [7, 11) is 1.45. The highest BCUT2D eigenvalue weighted by Gasteiger charge is 2.34. The number of esters is 1. The Bertz CT molecular complexity index is 538. The number of anilines is 1. The summed E-state index contributed by atoms with van der Waals surface area (Å²) in [6, 6.07) is 10.6. The van der Waals surface area contributed by atoms with Gasteiger partial charge in [0.15, 0.2) is 0 Å². The van der Waals surface area contributed by atoms with Crippen LogP contribution in [0.25, 0.3) is 0 Å². The molecule has 3 atom stereocenters. The van der Waals surface area contributed by atoms with Gasteiger partial charge in [-0.1, -0.05) is 50.3 Å². The van der Waals surface area contributed by atoms with Crippen molar-refractivity contribution in [3.05, 3.63) is 30.3 Å². The van der Waals surface area contributed by atoms with E-state index in [-0.39, 0.29) is 12.0 Å². The first-order chi connectivity index (χ1) is 13.7. The lowest BCUT2D eigenvalue weighted by molar-refractivity contribution is -0.140. The van der Waals surface area contributed by atoms with E-state index in [0.717, 1.165) is 32.2 Å². The first-order valence-electron chi connectivity index (χ1n) is 11.0. The molecule has 1 aromatic carbocycles. The monoisotopic (exact) mass is 390 g/mol. The molecular formula is C23H38N2O3. The van der Waals surface area contributed by atoms with E-state index < -0.39 is 0 Å². The molecule has 2 unspecified atom stereocenters. The minimum atomic E-state index is -0.102. The molecule has 3 N–H and O–H groups in total. The molecule has 1 fully saturated rings. The largest absolute Gasteiger partial charge is 0.469 e. The Hall–Kier alpha value is -1.59. The zero-order valence-corrected chi connectivity index (χ0v) is 17.4. The Morgan fingerprint density at radius 2 is 1.79 bits per heavy atom. The first kappa shape index (κ1) is 22.7. The van der Waals surface area contributed by atoms with Crippen molar-refractivity contribution in [1.82, 2.24) is 5.48 Å². The van der Waals surface area contributed by atoms with Crippen molar-refractivity contribution in [1.29, 1.82) is 0 Å². The zero-order chi connectivity index (χ0) is 20.0. The molecule has 1 aromatic rings. The molecule has 1 aliphatic carbocycles. The van der Waals surface area contributed by atoms with Gasteiger partial charge in [0, 0.05) is 24.7 Å². The van der Waals surface area contributed by atoms with Crippen molar-refractivity contribution in [3.8, 4) is 0 Å². The fourth-order valence-corrected chi connectivity index (χ4v) is 4.53. The number of hydroxylamine groups is 1. The molecule has 0 heterocycles. The number of rotatable bonds is 14. The van der Waals surface area contributed by atoms with Crippen LogP contribution >= 0.6 is 0 Å². The highest BCUT2D eigenvalue weighted by atomic mass is 16.5. The summed E-state index contributed by atoms with van der Waals surface area (Å²) < 4.78 is 4.68. The van der Waals surface area contributed by atoms with E-state index in [0.29, 0.717) is 18.3 Å². The van der Waals surface area contributed by atoms with E-state index in [1.807, 2.05) is 6.07 Å². The zero-order valence-electron chi connectivity index (χ0n) is 17.4. The second-order valence-corrected chi connectivity index (χ2v) is 8.05. The number of ether oxygens (including phenoxy) is 1. The van der Waals surface area contributed by atoms with Crippen LogP contribution in [0, 0.1) is 11.8 Å². The molecule has 0 radical (unpaired) electrons. The van der Waals surface area contributed by atoms with E-state index >= 15 is 0 Å². The number of carbonyl (C=O) groups is 1. The smallest absolute Gasteiger partial charge is 0.305 e. The molecule has 0 bridgehead atoms. The van der Waals surface area contributed by atoms with Gasteiger partial charge in [0.1, 0.15) is 0 Å². The summed E-state index contributed by atoms with van der Waals surface area (Å²) in [4.78, 5) is 11.1. The van der Waals surface area contributed by atoms with Gasteiger partial charge in [-0.05, 0) is 56.1 Å². The van der Waals surface area contributed by atoms with Crippen molar-refractivity contribution < 1.29 is 14.7 Å². The molecule has 158 valence electrons. The normalized spacial score (nSPS) is 21.6. The van der Waals surface area contributed by atoms with Gasteiger partial charge in [0.05, 0.1) is 7.11 Å².